The Morgan fingerprint density at radius 2 is 2.20 bits per heavy atom. The molecule has 1 heterocycles. The summed E-state index contributed by atoms with van der Waals surface area (Å²) in [6.45, 7) is 7.29. The number of nitrogens with zero attached hydrogens (tertiary/aromatic N) is 1. The second kappa shape index (κ2) is 4.94. The SMILES string of the molecule is CNC(C(=O)OC(C)(C)C)C1CC[N]C1. The second-order valence-corrected chi connectivity index (χ2v) is 4.98. The molecule has 1 fully saturated rings. The number of ether oxygens (including phenoxy) is 1. The van der Waals surface area contributed by atoms with Gasteiger partial charge in [0, 0.05) is 19.0 Å². The molecule has 1 aliphatic rings. The Balaban J connectivity index is 2.53. The van der Waals surface area contributed by atoms with Crippen LogP contribution in [0, 0.1) is 5.92 Å². The van der Waals surface area contributed by atoms with Gasteiger partial charge in [-0.3, -0.25) is 4.79 Å². The van der Waals surface area contributed by atoms with Gasteiger partial charge >= 0.3 is 5.97 Å². The summed E-state index contributed by atoms with van der Waals surface area (Å²) in [5.41, 5.74) is -0.415. The number of carbonyl (C=O) groups is 1. The Labute approximate surface area is 91.8 Å². The first kappa shape index (κ1) is 12.5. The summed E-state index contributed by atoms with van der Waals surface area (Å²) < 4.78 is 5.36. The van der Waals surface area contributed by atoms with Gasteiger partial charge in [0.05, 0.1) is 0 Å². The Morgan fingerprint density at radius 3 is 2.60 bits per heavy atom. The van der Waals surface area contributed by atoms with Gasteiger partial charge in [-0.15, -0.1) is 0 Å². The molecule has 4 heteroatoms. The van der Waals surface area contributed by atoms with E-state index in [0.717, 1.165) is 19.5 Å². The van der Waals surface area contributed by atoms with Crippen molar-refractivity contribution in [1.29, 1.82) is 0 Å². The zero-order chi connectivity index (χ0) is 11.5. The highest BCUT2D eigenvalue weighted by Crippen LogP contribution is 2.17. The number of esters is 1. The van der Waals surface area contributed by atoms with Gasteiger partial charge in [-0.05, 0) is 34.2 Å². The summed E-state index contributed by atoms with van der Waals surface area (Å²) >= 11 is 0. The highest BCUT2D eigenvalue weighted by atomic mass is 16.6. The van der Waals surface area contributed by atoms with E-state index in [1.807, 2.05) is 20.8 Å². The van der Waals surface area contributed by atoms with Crippen molar-refractivity contribution in [3.8, 4) is 0 Å². The first-order valence-corrected chi connectivity index (χ1v) is 5.47. The number of nitrogens with one attached hydrogen (secondary N) is 1. The summed E-state index contributed by atoms with van der Waals surface area (Å²) in [6.07, 6.45) is 0.977. The highest BCUT2D eigenvalue weighted by Gasteiger charge is 2.32. The molecule has 87 valence electrons. The Bertz CT molecular complexity index is 217. The third-order valence-corrected chi connectivity index (χ3v) is 2.46. The fraction of sp³-hybridized carbons (Fsp3) is 0.909. The first-order valence-electron chi connectivity index (χ1n) is 5.47. The zero-order valence-electron chi connectivity index (χ0n) is 10.0. The Kier molecular flexibility index (Phi) is 4.11. The normalized spacial score (nSPS) is 23.9. The van der Waals surface area contributed by atoms with E-state index in [4.69, 9.17) is 4.74 Å². The molecule has 1 saturated heterocycles. The van der Waals surface area contributed by atoms with Crippen molar-refractivity contribution in [3.63, 3.8) is 0 Å². The largest absolute Gasteiger partial charge is 0.459 e. The van der Waals surface area contributed by atoms with Crippen LogP contribution in [0.3, 0.4) is 0 Å². The molecule has 0 amide bonds. The Hall–Kier alpha value is -0.610. The average Bonchev–Trinajstić information content (AvgIpc) is 2.54. The van der Waals surface area contributed by atoms with Crippen LogP contribution in [-0.4, -0.2) is 37.7 Å². The average molecular weight is 213 g/mol. The van der Waals surface area contributed by atoms with Crippen molar-refractivity contribution in [2.75, 3.05) is 20.1 Å². The van der Waals surface area contributed by atoms with Crippen molar-refractivity contribution in [2.45, 2.75) is 38.8 Å². The second-order valence-electron chi connectivity index (χ2n) is 4.98. The van der Waals surface area contributed by atoms with Gasteiger partial charge in [-0.2, -0.15) is 0 Å². The third-order valence-electron chi connectivity index (χ3n) is 2.46. The maximum atomic E-state index is 11.9. The summed E-state index contributed by atoms with van der Waals surface area (Å²) in [6, 6.07) is -0.213. The molecule has 4 nitrogen and oxygen atoms in total. The van der Waals surface area contributed by atoms with Crippen molar-refractivity contribution in [1.82, 2.24) is 10.6 Å². The van der Waals surface area contributed by atoms with Crippen LogP contribution in [0.1, 0.15) is 27.2 Å². The lowest BCUT2D eigenvalue weighted by Gasteiger charge is -2.26. The first-order chi connectivity index (χ1) is 6.94. The van der Waals surface area contributed by atoms with Crippen LogP contribution in [0.5, 0.6) is 0 Å². The minimum absolute atomic E-state index is 0.160. The van der Waals surface area contributed by atoms with Crippen molar-refractivity contribution < 1.29 is 9.53 Å². The molecule has 2 atom stereocenters. The fourth-order valence-corrected chi connectivity index (χ4v) is 1.79. The van der Waals surface area contributed by atoms with E-state index in [-0.39, 0.29) is 12.0 Å². The molecule has 0 spiro atoms. The molecule has 0 aromatic rings. The van der Waals surface area contributed by atoms with Crippen LogP contribution in [0.2, 0.25) is 0 Å². The molecule has 15 heavy (non-hydrogen) atoms. The molecule has 1 rings (SSSR count). The molecule has 0 aliphatic carbocycles. The van der Waals surface area contributed by atoms with E-state index >= 15 is 0 Å². The van der Waals surface area contributed by atoms with E-state index in [9.17, 15) is 4.79 Å². The minimum atomic E-state index is -0.415. The number of hydrogen-bond donors (Lipinski definition) is 1. The van der Waals surface area contributed by atoms with Gasteiger partial charge in [-0.25, -0.2) is 5.32 Å². The van der Waals surface area contributed by atoms with E-state index in [1.165, 1.54) is 0 Å². The maximum absolute atomic E-state index is 11.9. The summed E-state index contributed by atoms with van der Waals surface area (Å²) in [5.74, 6) is 0.136. The fourth-order valence-electron chi connectivity index (χ4n) is 1.79. The number of hydrogen-bond acceptors (Lipinski definition) is 3. The summed E-state index contributed by atoms with van der Waals surface area (Å²) in [5, 5.41) is 7.30. The van der Waals surface area contributed by atoms with Crippen molar-refractivity contribution in [3.05, 3.63) is 0 Å². The molecule has 1 N–H and O–H groups in total. The molecular formula is C11H21N2O2. The zero-order valence-corrected chi connectivity index (χ0v) is 10.0. The van der Waals surface area contributed by atoms with Crippen LogP contribution >= 0.6 is 0 Å². The maximum Gasteiger partial charge on any atom is 0.323 e. The number of likely N-dealkylation sites (N-methyl/N-ethyl adjacent to an activating group) is 1. The van der Waals surface area contributed by atoms with E-state index in [0.29, 0.717) is 5.92 Å². The highest BCUT2D eigenvalue weighted by molar-refractivity contribution is 5.76. The lowest BCUT2D eigenvalue weighted by Crippen LogP contribution is -2.45. The molecule has 0 bridgehead atoms. The van der Waals surface area contributed by atoms with Gasteiger partial charge in [-0.1, -0.05) is 0 Å². The van der Waals surface area contributed by atoms with Gasteiger partial charge < -0.3 is 10.1 Å². The summed E-state index contributed by atoms with van der Waals surface area (Å²) in [4.78, 5) is 11.9. The third kappa shape index (κ3) is 3.80. The quantitative estimate of drug-likeness (QED) is 0.696. The van der Waals surface area contributed by atoms with E-state index in [2.05, 4.69) is 10.6 Å². The van der Waals surface area contributed by atoms with Gasteiger partial charge in [0.15, 0.2) is 0 Å². The van der Waals surface area contributed by atoms with E-state index < -0.39 is 5.60 Å². The van der Waals surface area contributed by atoms with Crippen LogP contribution in [0.25, 0.3) is 0 Å². The molecule has 2 unspecified atom stereocenters. The van der Waals surface area contributed by atoms with E-state index in [1.54, 1.807) is 7.05 Å². The smallest absolute Gasteiger partial charge is 0.323 e. The Morgan fingerprint density at radius 1 is 1.53 bits per heavy atom. The van der Waals surface area contributed by atoms with Gasteiger partial charge in [0.1, 0.15) is 11.6 Å². The topological polar surface area (TPSA) is 52.4 Å². The predicted molar refractivity (Wildman–Crippen MR) is 58.7 cm³/mol. The van der Waals surface area contributed by atoms with Gasteiger partial charge in [0.25, 0.3) is 0 Å². The van der Waals surface area contributed by atoms with Crippen molar-refractivity contribution in [2.24, 2.45) is 5.92 Å². The standard InChI is InChI=1S/C11H21N2O2/c1-11(2,3)15-10(14)9(12-4)8-5-6-13-7-8/h8-9,12H,5-7H2,1-4H3. The van der Waals surface area contributed by atoms with Gasteiger partial charge in [0.2, 0.25) is 0 Å². The molecule has 0 aromatic carbocycles. The predicted octanol–water partition coefficient (Wildman–Crippen LogP) is 0.540. The molecule has 0 aromatic heterocycles. The molecule has 0 saturated carbocycles. The van der Waals surface area contributed by atoms with Crippen LogP contribution in [0.4, 0.5) is 0 Å². The molecular weight excluding hydrogens is 192 g/mol. The van der Waals surface area contributed by atoms with Crippen LogP contribution in [0.15, 0.2) is 0 Å². The number of rotatable bonds is 3. The lowest BCUT2D eigenvalue weighted by molar-refractivity contribution is -0.158. The van der Waals surface area contributed by atoms with Crippen molar-refractivity contribution >= 4 is 5.97 Å². The number of carbonyl (C=O) groups excluding carboxylic acids is 1. The summed E-state index contributed by atoms with van der Waals surface area (Å²) in [7, 11) is 1.80. The molecule has 1 aliphatic heterocycles. The lowest BCUT2D eigenvalue weighted by atomic mass is 9.99. The molecule has 1 radical (unpaired) electrons. The minimum Gasteiger partial charge on any atom is -0.459 e. The monoisotopic (exact) mass is 213 g/mol. The van der Waals surface area contributed by atoms with Crippen LogP contribution < -0.4 is 10.6 Å². The van der Waals surface area contributed by atoms with Crippen LogP contribution in [-0.2, 0) is 9.53 Å².